The molecule has 1 N–H and O–H groups in total. The van der Waals surface area contributed by atoms with Crippen molar-refractivity contribution in [3.8, 4) is 0 Å². The summed E-state index contributed by atoms with van der Waals surface area (Å²) in [6, 6.07) is 7.40. The molecule has 0 aliphatic carbocycles. The van der Waals surface area contributed by atoms with Crippen molar-refractivity contribution in [2.75, 3.05) is 23.9 Å². The largest absolute Gasteiger partial charge is 0.361 e. The highest BCUT2D eigenvalue weighted by Gasteiger charge is 2.35. The molecule has 146 valence electrons. The Bertz CT molecular complexity index is 957. The number of amides is 1. The fourth-order valence-electron chi connectivity index (χ4n) is 3.80. The first kappa shape index (κ1) is 19.5. The van der Waals surface area contributed by atoms with Crippen molar-refractivity contribution in [2.24, 2.45) is 0 Å². The Balaban J connectivity index is 2.12. The van der Waals surface area contributed by atoms with Gasteiger partial charge in [0.25, 0.3) is 15.9 Å². The molecule has 0 atom stereocenters. The topological polar surface area (TPSA) is 73.5 Å². The summed E-state index contributed by atoms with van der Waals surface area (Å²) < 4.78 is 28.5. The highest BCUT2D eigenvalue weighted by molar-refractivity contribution is 7.93. The quantitative estimate of drug-likeness (QED) is 0.852. The van der Waals surface area contributed by atoms with Crippen LogP contribution in [-0.2, 0) is 10.0 Å². The van der Waals surface area contributed by atoms with Crippen molar-refractivity contribution < 1.29 is 13.2 Å². The van der Waals surface area contributed by atoms with E-state index in [0.717, 1.165) is 18.4 Å². The molecule has 2 heterocycles. The Hall–Kier alpha value is -2.28. The lowest BCUT2D eigenvalue weighted by atomic mass is 10.2. The Morgan fingerprint density at radius 2 is 1.81 bits per heavy atom. The van der Waals surface area contributed by atoms with Gasteiger partial charge in [-0.15, -0.1) is 0 Å². The first-order valence-electron chi connectivity index (χ1n) is 9.35. The zero-order valence-corrected chi connectivity index (χ0v) is 17.2. The van der Waals surface area contributed by atoms with Crippen LogP contribution in [0.1, 0.15) is 47.1 Å². The zero-order chi connectivity index (χ0) is 19.8. The van der Waals surface area contributed by atoms with Crippen LogP contribution in [0.2, 0.25) is 0 Å². The first-order valence-corrected chi connectivity index (χ1v) is 10.8. The number of hydrogen-bond donors (Lipinski definition) is 1. The maximum atomic E-state index is 13.6. The molecule has 1 aliphatic rings. The Labute approximate surface area is 161 Å². The number of nitrogens with one attached hydrogen (secondary N) is 1. The molecule has 1 amide bonds. The van der Waals surface area contributed by atoms with Crippen molar-refractivity contribution in [3.63, 3.8) is 0 Å². The summed E-state index contributed by atoms with van der Waals surface area (Å²) in [6.07, 6.45) is 1.92. The van der Waals surface area contributed by atoms with Crippen LogP contribution >= 0.6 is 0 Å². The summed E-state index contributed by atoms with van der Waals surface area (Å²) in [7, 11) is -3.88. The number of nitrogens with zero attached hydrogens (tertiary/aromatic N) is 2. The van der Waals surface area contributed by atoms with Crippen molar-refractivity contribution in [2.45, 2.75) is 45.4 Å². The first-order chi connectivity index (χ1) is 12.8. The van der Waals surface area contributed by atoms with Gasteiger partial charge < -0.3 is 9.88 Å². The van der Waals surface area contributed by atoms with Crippen LogP contribution in [0.3, 0.4) is 0 Å². The number of likely N-dealkylation sites (tertiary alicyclic amines) is 1. The van der Waals surface area contributed by atoms with E-state index in [0.29, 0.717) is 30.2 Å². The highest BCUT2D eigenvalue weighted by Crippen LogP contribution is 2.31. The van der Waals surface area contributed by atoms with Gasteiger partial charge in [-0.25, -0.2) is 8.42 Å². The molecular weight excluding hydrogens is 362 g/mol. The van der Waals surface area contributed by atoms with Crippen LogP contribution in [-0.4, -0.2) is 43.8 Å². The number of sulfonamides is 1. The van der Waals surface area contributed by atoms with E-state index in [-0.39, 0.29) is 22.9 Å². The molecule has 0 radical (unpaired) electrons. The molecule has 0 spiro atoms. The molecule has 27 heavy (non-hydrogen) atoms. The van der Waals surface area contributed by atoms with Crippen LogP contribution in [0.15, 0.2) is 29.2 Å². The van der Waals surface area contributed by atoms with Gasteiger partial charge in [-0.1, -0.05) is 12.1 Å². The Morgan fingerprint density at radius 3 is 2.41 bits per heavy atom. The molecule has 2 aromatic rings. The van der Waals surface area contributed by atoms with Gasteiger partial charge in [0.1, 0.15) is 4.90 Å². The predicted octanol–water partition coefficient (Wildman–Crippen LogP) is 3.39. The molecular formula is C20H27N3O3S. The molecule has 1 saturated heterocycles. The van der Waals surface area contributed by atoms with Crippen LogP contribution in [0, 0.1) is 20.8 Å². The second-order valence-electron chi connectivity index (χ2n) is 7.09. The number of H-pyrrole nitrogens is 1. The van der Waals surface area contributed by atoms with Gasteiger partial charge in [-0.2, -0.15) is 0 Å². The molecule has 6 nitrogen and oxygen atoms in total. The number of aryl methyl sites for hydroxylation is 3. The van der Waals surface area contributed by atoms with Crippen molar-refractivity contribution in [3.05, 3.63) is 46.8 Å². The van der Waals surface area contributed by atoms with Gasteiger partial charge in [-0.05, 0) is 58.2 Å². The standard InChI is InChI=1S/C20H27N3O3S/c1-5-23(17-10-8-9-14(2)13-17)27(25,26)19-16(4)21-15(3)18(19)20(24)22-11-6-7-12-22/h8-10,13,21H,5-7,11-12H2,1-4H3. The second kappa shape index (κ2) is 7.38. The number of rotatable bonds is 5. The van der Waals surface area contributed by atoms with E-state index in [9.17, 15) is 13.2 Å². The Morgan fingerprint density at radius 1 is 1.15 bits per heavy atom. The number of aromatic amines is 1. The Kier molecular flexibility index (Phi) is 5.33. The predicted molar refractivity (Wildman–Crippen MR) is 107 cm³/mol. The molecule has 0 unspecified atom stereocenters. The van der Waals surface area contributed by atoms with Crippen LogP contribution in [0.5, 0.6) is 0 Å². The van der Waals surface area contributed by atoms with Gasteiger partial charge in [0.05, 0.1) is 11.3 Å². The summed E-state index contributed by atoms with van der Waals surface area (Å²) >= 11 is 0. The zero-order valence-electron chi connectivity index (χ0n) is 16.4. The molecule has 1 aromatic heterocycles. The van der Waals surface area contributed by atoms with Crippen molar-refractivity contribution in [1.29, 1.82) is 0 Å². The summed E-state index contributed by atoms with van der Waals surface area (Å²) in [4.78, 5) is 18.0. The fraction of sp³-hybridized carbons (Fsp3) is 0.450. The number of hydrogen-bond acceptors (Lipinski definition) is 3. The number of aromatic nitrogens is 1. The third-order valence-electron chi connectivity index (χ3n) is 5.05. The third kappa shape index (κ3) is 3.48. The van der Waals surface area contributed by atoms with Gasteiger partial charge in [0.2, 0.25) is 0 Å². The van der Waals surface area contributed by atoms with E-state index in [2.05, 4.69) is 4.98 Å². The maximum Gasteiger partial charge on any atom is 0.266 e. The van der Waals surface area contributed by atoms with Gasteiger partial charge in [0.15, 0.2) is 0 Å². The maximum absolute atomic E-state index is 13.6. The summed E-state index contributed by atoms with van der Waals surface area (Å²) in [5.41, 5.74) is 2.97. The van der Waals surface area contributed by atoms with Crippen LogP contribution in [0.4, 0.5) is 5.69 Å². The average molecular weight is 390 g/mol. The number of carbonyl (C=O) groups is 1. The van der Waals surface area contributed by atoms with Crippen LogP contribution in [0.25, 0.3) is 0 Å². The van der Waals surface area contributed by atoms with E-state index in [1.807, 2.05) is 25.1 Å². The highest BCUT2D eigenvalue weighted by atomic mass is 32.2. The minimum absolute atomic E-state index is 0.0975. The smallest absolute Gasteiger partial charge is 0.266 e. The molecule has 0 saturated carbocycles. The van der Waals surface area contributed by atoms with E-state index in [1.54, 1.807) is 31.7 Å². The monoisotopic (exact) mass is 389 g/mol. The van der Waals surface area contributed by atoms with Crippen molar-refractivity contribution >= 4 is 21.6 Å². The molecule has 1 aliphatic heterocycles. The lowest BCUT2D eigenvalue weighted by Gasteiger charge is -2.24. The average Bonchev–Trinajstić information content (AvgIpc) is 3.22. The van der Waals surface area contributed by atoms with Gasteiger partial charge in [-0.3, -0.25) is 9.10 Å². The van der Waals surface area contributed by atoms with Gasteiger partial charge in [0, 0.05) is 31.0 Å². The normalized spacial score (nSPS) is 14.6. The van der Waals surface area contributed by atoms with Gasteiger partial charge >= 0.3 is 0 Å². The molecule has 3 rings (SSSR count). The number of anilines is 1. The SMILES string of the molecule is CCN(c1cccc(C)c1)S(=O)(=O)c1c(C)[nH]c(C)c1C(=O)N1CCCC1. The third-order valence-corrected chi connectivity index (χ3v) is 7.13. The molecule has 1 fully saturated rings. The van der Waals surface area contributed by atoms with E-state index < -0.39 is 10.0 Å². The van der Waals surface area contributed by atoms with E-state index in [4.69, 9.17) is 0 Å². The fourth-order valence-corrected chi connectivity index (χ4v) is 5.69. The molecule has 1 aromatic carbocycles. The number of benzene rings is 1. The lowest BCUT2D eigenvalue weighted by Crippen LogP contribution is -2.34. The summed E-state index contributed by atoms with van der Waals surface area (Å²) in [5.74, 6) is -0.201. The number of carbonyl (C=O) groups excluding carboxylic acids is 1. The lowest BCUT2D eigenvalue weighted by molar-refractivity contribution is 0.0788. The van der Waals surface area contributed by atoms with E-state index in [1.165, 1.54) is 4.31 Å². The minimum atomic E-state index is -3.88. The van der Waals surface area contributed by atoms with Crippen LogP contribution < -0.4 is 4.31 Å². The summed E-state index contributed by atoms with van der Waals surface area (Å²) in [6.45, 7) is 8.85. The summed E-state index contributed by atoms with van der Waals surface area (Å²) in [5, 5.41) is 0. The van der Waals surface area contributed by atoms with E-state index >= 15 is 0 Å². The minimum Gasteiger partial charge on any atom is -0.361 e. The molecule has 0 bridgehead atoms. The molecule has 7 heteroatoms. The second-order valence-corrected chi connectivity index (χ2v) is 8.89. The van der Waals surface area contributed by atoms with Crippen molar-refractivity contribution in [1.82, 2.24) is 9.88 Å².